The van der Waals surface area contributed by atoms with Gasteiger partial charge in [-0.3, -0.25) is 9.59 Å². The maximum atomic E-state index is 13.6. The van der Waals surface area contributed by atoms with Crippen molar-refractivity contribution in [3.05, 3.63) is 63.4 Å². The topological polar surface area (TPSA) is 103 Å². The summed E-state index contributed by atoms with van der Waals surface area (Å²) < 4.78 is 13.4. The summed E-state index contributed by atoms with van der Waals surface area (Å²) in [6.45, 7) is 3.86. The van der Waals surface area contributed by atoms with Crippen molar-refractivity contribution < 1.29 is 19.4 Å². The van der Waals surface area contributed by atoms with Crippen molar-refractivity contribution in [2.24, 2.45) is 0 Å². The molecule has 2 N–H and O–H groups in total. The number of pyridine rings is 2. The SMILES string of the molecule is CC[C@H]1NC(=O)[C@@]2(CC)O[C@@]1(O)OCc1c2cc2n(c1=O)Cc1cc3ccccc3nc1-2. The van der Waals surface area contributed by atoms with Crippen LogP contribution in [0.15, 0.2) is 41.2 Å². The number of hydrogen-bond acceptors (Lipinski definition) is 6. The lowest BCUT2D eigenvalue weighted by atomic mass is 9.85. The first-order valence-electron chi connectivity index (χ1n) is 10.9. The minimum Gasteiger partial charge on any atom is -0.342 e. The molecule has 164 valence electrons. The highest BCUT2D eigenvalue weighted by atomic mass is 16.8. The van der Waals surface area contributed by atoms with Gasteiger partial charge in [0, 0.05) is 16.5 Å². The van der Waals surface area contributed by atoms with Crippen molar-refractivity contribution in [2.75, 3.05) is 0 Å². The van der Waals surface area contributed by atoms with Crippen LogP contribution >= 0.6 is 0 Å². The molecule has 3 aromatic rings. The molecular formula is C24H23N3O5. The quantitative estimate of drug-likeness (QED) is 0.502. The second kappa shape index (κ2) is 6.48. The summed E-state index contributed by atoms with van der Waals surface area (Å²) in [5.74, 6) is -2.39. The van der Waals surface area contributed by atoms with E-state index in [9.17, 15) is 14.7 Å². The summed E-state index contributed by atoms with van der Waals surface area (Å²) >= 11 is 0. The molecule has 0 aliphatic carbocycles. The highest BCUT2D eigenvalue weighted by molar-refractivity contribution is 5.89. The van der Waals surface area contributed by atoms with Crippen LogP contribution in [0.5, 0.6) is 0 Å². The molecule has 6 rings (SSSR count). The van der Waals surface area contributed by atoms with Gasteiger partial charge in [-0.1, -0.05) is 32.0 Å². The minimum absolute atomic E-state index is 0.149. The molecule has 1 fully saturated rings. The van der Waals surface area contributed by atoms with Crippen LogP contribution in [0.4, 0.5) is 0 Å². The first-order valence-corrected chi connectivity index (χ1v) is 10.9. The Morgan fingerprint density at radius 3 is 2.84 bits per heavy atom. The van der Waals surface area contributed by atoms with E-state index in [4.69, 9.17) is 14.5 Å². The number of nitrogens with one attached hydrogen (secondary N) is 1. The van der Waals surface area contributed by atoms with Gasteiger partial charge in [-0.2, -0.15) is 0 Å². The Morgan fingerprint density at radius 2 is 2.06 bits per heavy atom. The van der Waals surface area contributed by atoms with Crippen LogP contribution < -0.4 is 10.9 Å². The number of nitrogens with zero attached hydrogens (tertiary/aromatic N) is 2. The van der Waals surface area contributed by atoms with E-state index in [1.807, 2.05) is 37.3 Å². The number of fused-ring (bicyclic) bond motifs is 8. The van der Waals surface area contributed by atoms with Gasteiger partial charge in [0.1, 0.15) is 6.04 Å². The van der Waals surface area contributed by atoms with Crippen LogP contribution in [-0.4, -0.2) is 32.6 Å². The molecular weight excluding hydrogens is 410 g/mol. The Morgan fingerprint density at radius 1 is 1.25 bits per heavy atom. The molecule has 0 radical (unpaired) electrons. The van der Waals surface area contributed by atoms with E-state index in [2.05, 4.69) is 11.4 Å². The van der Waals surface area contributed by atoms with E-state index < -0.39 is 17.6 Å². The fourth-order valence-corrected chi connectivity index (χ4v) is 5.21. The Kier molecular flexibility index (Phi) is 3.97. The average Bonchev–Trinajstić information content (AvgIpc) is 3.10. The smallest absolute Gasteiger partial charge is 0.303 e. The van der Waals surface area contributed by atoms with Gasteiger partial charge in [-0.05, 0) is 31.0 Å². The number of aromatic nitrogens is 2. The number of carbonyl (C=O) groups excluding carboxylic acids is 1. The van der Waals surface area contributed by atoms with Crippen LogP contribution in [0.2, 0.25) is 0 Å². The van der Waals surface area contributed by atoms with Crippen LogP contribution in [-0.2, 0) is 33.0 Å². The van der Waals surface area contributed by atoms with Crippen molar-refractivity contribution in [1.29, 1.82) is 0 Å². The highest BCUT2D eigenvalue weighted by Crippen LogP contribution is 2.45. The van der Waals surface area contributed by atoms with Crippen molar-refractivity contribution in [2.45, 2.75) is 57.5 Å². The van der Waals surface area contributed by atoms with E-state index in [1.165, 1.54) is 0 Å². The van der Waals surface area contributed by atoms with Gasteiger partial charge in [0.05, 0.1) is 35.6 Å². The van der Waals surface area contributed by atoms with Crippen LogP contribution in [0.3, 0.4) is 0 Å². The molecule has 0 saturated carbocycles. The molecule has 0 spiro atoms. The number of carbonyl (C=O) groups is 1. The molecule has 1 saturated heterocycles. The van der Waals surface area contributed by atoms with E-state index in [1.54, 1.807) is 11.5 Å². The van der Waals surface area contributed by atoms with Gasteiger partial charge in [0.15, 0.2) is 5.60 Å². The lowest BCUT2D eigenvalue weighted by Gasteiger charge is -2.46. The van der Waals surface area contributed by atoms with Crippen molar-refractivity contribution >= 4 is 16.8 Å². The molecule has 1 amide bonds. The Balaban J connectivity index is 1.60. The van der Waals surface area contributed by atoms with Crippen LogP contribution in [0.25, 0.3) is 22.3 Å². The summed E-state index contributed by atoms with van der Waals surface area (Å²) in [6.07, 6.45) is 0.646. The average molecular weight is 433 g/mol. The number of rotatable bonds is 2. The molecule has 2 aromatic heterocycles. The van der Waals surface area contributed by atoms with Crippen molar-refractivity contribution in [3.63, 3.8) is 0 Å². The molecule has 3 atom stereocenters. The maximum absolute atomic E-state index is 13.6. The van der Waals surface area contributed by atoms with Gasteiger partial charge in [0.2, 0.25) is 0 Å². The summed E-state index contributed by atoms with van der Waals surface area (Å²) in [5, 5.41) is 15.0. The standard InChI is InChI=1S/C24H23N3O5/c1-3-19-24(30)31-12-15-16(23(4-2,32-24)22(29)26-19)10-18-20-14(11-27(18)21(15)28)9-13-7-5-6-8-17(13)25-20/h5-10,19,30H,3-4,11-12H2,1-2H3,(H,26,29)/t19-,23+,24+/m1/s1. The third-order valence-corrected chi connectivity index (χ3v) is 6.97. The number of hydrogen-bond donors (Lipinski definition) is 2. The number of ether oxygens (including phenoxy) is 2. The van der Waals surface area contributed by atoms with Gasteiger partial charge >= 0.3 is 5.97 Å². The molecule has 3 aliphatic rings. The summed E-state index contributed by atoms with van der Waals surface area (Å²) in [7, 11) is 0. The van der Waals surface area contributed by atoms with Gasteiger partial charge < -0.3 is 24.5 Å². The first-order chi connectivity index (χ1) is 15.4. The minimum atomic E-state index is -2.01. The molecule has 32 heavy (non-hydrogen) atoms. The second-order valence-electron chi connectivity index (χ2n) is 8.64. The normalized spacial score (nSPS) is 28.0. The van der Waals surface area contributed by atoms with Crippen molar-refractivity contribution in [3.8, 4) is 11.4 Å². The summed E-state index contributed by atoms with van der Waals surface area (Å²) in [5.41, 5.74) is 2.12. The van der Waals surface area contributed by atoms with E-state index in [0.717, 1.165) is 22.2 Å². The second-order valence-corrected chi connectivity index (χ2v) is 8.64. The zero-order valence-electron chi connectivity index (χ0n) is 17.8. The fourth-order valence-electron chi connectivity index (χ4n) is 5.21. The number of aliphatic hydroxyl groups is 1. The highest BCUT2D eigenvalue weighted by Gasteiger charge is 2.59. The largest absolute Gasteiger partial charge is 0.342 e. The van der Waals surface area contributed by atoms with E-state index in [-0.39, 0.29) is 24.5 Å². The third kappa shape index (κ3) is 2.40. The van der Waals surface area contributed by atoms with E-state index >= 15 is 0 Å². The Hall–Kier alpha value is -3.07. The van der Waals surface area contributed by atoms with Gasteiger partial charge in [0.25, 0.3) is 11.5 Å². The van der Waals surface area contributed by atoms with Gasteiger partial charge in [-0.25, -0.2) is 4.98 Å². The summed E-state index contributed by atoms with van der Waals surface area (Å²) in [4.78, 5) is 31.7. The number of amides is 1. The summed E-state index contributed by atoms with van der Waals surface area (Å²) in [6, 6.07) is 10.9. The van der Waals surface area contributed by atoms with E-state index in [0.29, 0.717) is 29.8 Å². The fraction of sp³-hybridized carbons (Fsp3) is 0.375. The molecule has 1 aromatic carbocycles. The van der Waals surface area contributed by atoms with Crippen LogP contribution in [0.1, 0.15) is 43.4 Å². The van der Waals surface area contributed by atoms with Crippen molar-refractivity contribution in [1.82, 2.24) is 14.9 Å². The maximum Gasteiger partial charge on any atom is 0.303 e. The Bertz CT molecular complexity index is 1370. The lowest BCUT2D eigenvalue weighted by Crippen LogP contribution is -2.67. The molecule has 5 heterocycles. The molecule has 2 bridgehead atoms. The monoisotopic (exact) mass is 433 g/mol. The predicted octanol–water partition coefficient (Wildman–Crippen LogP) is 2.13. The molecule has 8 heteroatoms. The Labute approximate surface area is 183 Å². The van der Waals surface area contributed by atoms with Gasteiger partial charge in [-0.15, -0.1) is 0 Å². The number of morpholine rings is 1. The predicted molar refractivity (Wildman–Crippen MR) is 116 cm³/mol. The van der Waals surface area contributed by atoms with Crippen LogP contribution in [0, 0.1) is 0 Å². The zero-order valence-corrected chi connectivity index (χ0v) is 17.8. The molecule has 3 aliphatic heterocycles. The zero-order chi connectivity index (χ0) is 22.3. The molecule has 8 nitrogen and oxygen atoms in total. The third-order valence-electron chi connectivity index (χ3n) is 6.97. The first kappa shape index (κ1) is 19.6. The number of benzene rings is 1. The number of para-hydroxylation sites is 1. The lowest BCUT2D eigenvalue weighted by molar-refractivity contribution is -0.412. The molecule has 0 unspecified atom stereocenters.